The van der Waals surface area contributed by atoms with Crippen LogP contribution in [0.5, 0.6) is 5.75 Å². The fraction of sp³-hybridized carbons (Fsp3) is 0.533. The lowest BCUT2D eigenvalue weighted by atomic mass is 9.92. The Morgan fingerprint density at radius 1 is 1.55 bits per heavy atom. The Balaban J connectivity index is 2.06. The molecular weight excluding hydrogens is 278 g/mol. The minimum Gasteiger partial charge on any atom is -0.493 e. The van der Waals surface area contributed by atoms with Crippen molar-refractivity contribution < 1.29 is 14.3 Å². The molecule has 0 spiro atoms. The number of carbonyl (C=O) groups excluding carboxylic acids is 1. The maximum atomic E-state index is 12.6. The second-order valence-corrected chi connectivity index (χ2v) is 5.62. The summed E-state index contributed by atoms with van der Waals surface area (Å²) in [6.07, 6.45) is 0.706. The van der Waals surface area contributed by atoms with Gasteiger partial charge in [-0.3, -0.25) is 4.79 Å². The van der Waals surface area contributed by atoms with Crippen LogP contribution in [0.2, 0.25) is 0 Å². The summed E-state index contributed by atoms with van der Waals surface area (Å²) < 4.78 is 10.6. The van der Waals surface area contributed by atoms with Crippen molar-refractivity contribution in [3.63, 3.8) is 0 Å². The summed E-state index contributed by atoms with van der Waals surface area (Å²) in [5.41, 5.74) is 0.966. The van der Waals surface area contributed by atoms with Gasteiger partial charge in [0, 0.05) is 26.3 Å². The number of fused-ring (bicyclic) bond motifs is 1. The van der Waals surface area contributed by atoms with Crippen LogP contribution >= 0.6 is 11.6 Å². The van der Waals surface area contributed by atoms with Gasteiger partial charge in [0.25, 0.3) is 0 Å². The molecule has 0 aromatic heterocycles. The van der Waals surface area contributed by atoms with E-state index in [-0.39, 0.29) is 17.2 Å². The molecule has 1 heterocycles. The molecular formula is C15H20ClNO3. The van der Waals surface area contributed by atoms with Gasteiger partial charge in [0.05, 0.1) is 24.5 Å². The van der Waals surface area contributed by atoms with Gasteiger partial charge in [0.1, 0.15) is 5.75 Å². The monoisotopic (exact) mass is 297 g/mol. The summed E-state index contributed by atoms with van der Waals surface area (Å²) in [7, 11) is 3.39. The van der Waals surface area contributed by atoms with Gasteiger partial charge in [0.15, 0.2) is 0 Å². The van der Waals surface area contributed by atoms with Gasteiger partial charge in [-0.1, -0.05) is 18.2 Å². The number of halogens is 1. The van der Waals surface area contributed by atoms with Gasteiger partial charge in [-0.25, -0.2) is 0 Å². The number of nitrogens with zero attached hydrogens (tertiary/aromatic N) is 1. The zero-order valence-electron chi connectivity index (χ0n) is 11.8. The number of amides is 1. The lowest BCUT2D eigenvalue weighted by Gasteiger charge is -2.29. The van der Waals surface area contributed by atoms with E-state index in [0.29, 0.717) is 26.2 Å². The molecule has 110 valence electrons. The van der Waals surface area contributed by atoms with E-state index in [1.165, 1.54) is 0 Å². The molecule has 2 atom stereocenters. The highest BCUT2D eigenvalue weighted by Gasteiger charge is 2.30. The highest BCUT2D eigenvalue weighted by Crippen LogP contribution is 2.34. The third-order valence-electron chi connectivity index (χ3n) is 3.45. The second kappa shape index (κ2) is 6.95. The lowest BCUT2D eigenvalue weighted by Crippen LogP contribution is -2.38. The van der Waals surface area contributed by atoms with E-state index in [9.17, 15) is 4.79 Å². The molecule has 2 unspecified atom stereocenters. The summed E-state index contributed by atoms with van der Waals surface area (Å²) in [6, 6.07) is 7.72. The number of likely N-dealkylation sites (N-methyl/N-ethyl adjacent to an activating group) is 1. The van der Waals surface area contributed by atoms with Gasteiger partial charge in [-0.15, -0.1) is 11.6 Å². The highest BCUT2D eigenvalue weighted by atomic mass is 35.5. The Hall–Kier alpha value is -1.26. The maximum absolute atomic E-state index is 12.6. The van der Waals surface area contributed by atoms with Crippen molar-refractivity contribution in [2.45, 2.75) is 17.7 Å². The van der Waals surface area contributed by atoms with Crippen LogP contribution in [-0.2, 0) is 9.53 Å². The number of ether oxygens (including phenoxy) is 2. The molecule has 0 bridgehead atoms. The molecule has 0 aliphatic carbocycles. The van der Waals surface area contributed by atoms with E-state index >= 15 is 0 Å². The normalized spacial score (nSPS) is 18.9. The Kier molecular flexibility index (Phi) is 5.26. The molecule has 0 saturated carbocycles. The van der Waals surface area contributed by atoms with Gasteiger partial charge in [-0.2, -0.15) is 0 Å². The molecule has 0 fully saturated rings. The number of para-hydroxylation sites is 1. The largest absolute Gasteiger partial charge is 0.493 e. The van der Waals surface area contributed by atoms with Gasteiger partial charge in [-0.05, 0) is 12.5 Å². The molecule has 0 radical (unpaired) electrons. The fourth-order valence-electron chi connectivity index (χ4n) is 2.49. The van der Waals surface area contributed by atoms with Gasteiger partial charge < -0.3 is 14.4 Å². The zero-order valence-corrected chi connectivity index (χ0v) is 12.6. The van der Waals surface area contributed by atoms with Crippen LogP contribution in [0.25, 0.3) is 0 Å². The van der Waals surface area contributed by atoms with Gasteiger partial charge in [0.2, 0.25) is 5.91 Å². The van der Waals surface area contributed by atoms with Crippen molar-refractivity contribution in [3.05, 3.63) is 29.8 Å². The summed E-state index contributed by atoms with van der Waals surface area (Å²) in [5.74, 6) is 0.753. The first-order chi connectivity index (χ1) is 9.63. The number of benzene rings is 1. The predicted molar refractivity (Wildman–Crippen MR) is 78.4 cm³/mol. The molecule has 2 rings (SSSR count). The van der Waals surface area contributed by atoms with E-state index in [1.54, 1.807) is 19.1 Å². The Morgan fingerprint density at radius 3 is 3.05 bits per heavy atom. The lowest BCUT2D eigenvalue weighted by molar-refractivity contribution is -0.132. The predicted octanol–water partition coefficient (Wildman–Crippen LogP) is 2.26. The topological polar surface area (TPSA) is 38.8 Å². The molecule has 20 heavy (non-hydrogen) atoms. The number of rotatable bonds is 5. The van der Waals surface area contributed by atoms with Crippen molar-refractivity contribution >= 4 is 17.5 Å². The number of carbonyl (C=O) groups is 1. The molecule has 5 heteroatoms. The first-order valence-electron chi connectivity index (χ1n) is 6.73. The van der Waals surface area contributed by atoms with E-state index < -0.39 is 0 Å². The van der Waals surface area contributed by atoms with Crippen LogP contribution in [0.1, 0.15) is 17.9 Å². The first kappa shape index (κ1) is 15.1. The third-order valence-corrected chi connectivity index (χ3v) is 3.72. The van der Waals surface area contributed by atoms with Crippen LogP contribution in [0.3, 0.4) is 0 Å². The maximum Gasteiger partial charge on any atom is 0.230 e. The summed E-state index contributed by atoms with van der Waals surface area (Å²) in [5, 5.41) is -0.191. The first-order valence-corrected chi connectivity index (χ1v) is 7.16. The van der Waals surface area contributed by atoms with Crippen molar-refractivity contribution in [2.75, 3.05) is 33.9 Å². The van der Waals surface area contributed by atoms with Crippen molar-refractivity contribution in [1.29, 1.82) is 0 Å². The summed E-state index contributed by atoms with van der Waals surface area (Å²) >= 11 is 6.12. The minimum atomic E-state index is -0.191. The minimum absolute atomic E-state index is 0.0857. The van der Waals surface area contributed by atoms with Crippen molar-refractivity contribution in [2.24, 2.45) is 0 Å². The van der Waals surface area contributed by atoms with Crippen LogP contribution in [0, 0.1) is 0 Å². The molecule has 4 nitrogen and oxygen atoms in total. The molecule has 0 saturated heterocycles. The van der Waals surface area contributed by atoms with Gasteiger partial charge >= 0.3 is 0 Å². The average molecular weight is 298 g/mol. The molecule has 1 aliphatic heterocycles. The second-order valence-electron chi connectivity index (χ2n) is 5.00. The van der Waals surface area contributed by atoms with Crippen molar-refractivity contribution in [1.82, 2.24) is 4.90 Å². The number of hydrogen-bond donors (Lipinski definition) is 0. The summed E-state index contributed by atoms with van der Waals surface area (Å²) in [6.45, 7) is 1.49. The van der Waals surface area contributed by atoms with E-state index in [2.05, 4.69) is 0 Å². The number of alkyl halides is 1. The Labute approximate surface area is 124 Å². The van der Waals surface area contributed by atoms with E-state index in [4.69, 9.17) is 21.1 Å². The third kappa shape index (κ3) is 3.44. The zero-order chi connectivity index (χ0) is 14.5. The summed E-state index contributed by atoms with van der Waals surface area (Å²) in [4.78, 5) is 14.3. The average Bonchev–Trinajstić information content (AvgIpc) is 2.46. The smallest absolute Gasteiger partial charge is 0.230 e. The van der Waals surface area contributed by atoms with E-state index in [1.807, 2.05) is 24.3 Å². The van der Waals surface area contributed by atoms with Crippen LogP contribution in [0.15, 0.2) is 24.3 Å². The Morgan fingerprint density at radius 2 is 2.30 bits per heavy atom. The Bertz CT molecular complexity index is 466. The fourth-order valence-corrected chi connectivity index (χ4v) is 2.82. The molecule has 1 aliphatic rings. The van der Waals surface area contributed by atoms with Crippen molar-refractivity contribution in [3.8, 4) is 5.75 Å². The van der Waals surface area contributed by atoms with Crippen LogP contribution in [0.4, 0.5) is 0 Å². The quantitative estimate of drug-likeness (QED) is 0.783. The molecule has 1 aromatic carbocycles. The SMILES string of the molecule is COCC(Cl)CN(C)C(=O)C1CCOc2ccccc21. The standard InChI is InChI=1S/C15H20ClNO3/c1-17(9-11(16)10-19-2)15(18)13-7-8-20-14-6-4-3-5-12(13)14/h3-6,11,13H,7-10H2,1-2H3. The molecule has 1 aromatic rings. The number of hydrogen-bond acceptors (Lipinski definition) is 3. The molecule has 1 amide bonds. The highest BCUT2D eigenvalue weighted by molar-refractivity contribution is 6.21. The molecule has 0 N–H and O–H groups in total. The van der Waals surface area contributed by atoms with Crippen LogP contribution in [-0.4, -0.2) is 50.1 Å². The number of methoxy groups -OCH3 is 1. The van der Waals surface area contributed by atoms with Crippen LogP contribution < -0.4 is 4.74 Å². The van der Waals surface area contributed by atoms with E-state index in [0.717, 1.165) is 11.3 Å².